The summed E-state index contributed by atoms with van der Waals surface area (Å²) in [5, 5.41) is 2.59. The van der Waals surface area contributed by atoms with Crippen LogP contribution in [-0.2, 0) is 19.6 Å². The third-order valence-electron chi connectivity index (χ3n) is 3.30. The highest BCUT2D eigenvalue weighted by Crippen LogP contribution is 2.17. The topological polar surface area (TPSA) is 111 Å². The van der Waals surface area contributed by atoms with Crippen LogP contribution in [0.1, 0.15) is 5.56 Å². The summed E-state index contributed by atoms with van der Waals surface area (Å²) in [6, 6.07) is 12.6. The van der Waals surface area contributed by atoms with Gasteiger partial charge in [-0.3, -0.25) is 4.79 Å². The molecule has 0 fully saturated rings. The Morgan fingerprint density at radius 2 is 1.69 bits per heavy atom. The number of sulfonamides is 1. The van der Waals surface area contributed by atoms with Gasteiger partial charge in [-0.05, 0) is 42.8 Å². The van der Waals surface area contributed by atoms with Crippen molar-refractivity contribution in [1.82, 2.24) is 4.72 Å². The third-order valence-corrected chi connectivity index (χ3v) is 4.63. The summed E-state index contributed by atoms with van der Waals surface area (Å²) in [7, 11) is -2.97. The second-order valence-electron chi connectivity index (χ2n) is 5.22. The van der Waals surface area contributed by atoms with Crippen molar-refractivity contribution in [2.45, 2.75) is 11.8 Å². The molecule has 0 aliphatic rings. The summed E-state index contributed by atoms with van der Waals surface area (Å²) in [5.41, 5.74) is 1.30. The van der Waals surface area contributed by atoms with Crippen LogP contribution in [0.3, 0.4) is 0 Å². The number of hydrogen-bond acceptors (Lipinski definition) is 6. The van der Waals surface area contributed by atoms with Gasteiger partial charge in [0.15, 0.2) is 6.61 Å². The maximum absolute atomic E-state index is 11.9. The monoisotopic (exact) mass is 378 g/mol. The highest BCUT2D eigenvalue weighted by atomic mass is 32.2. The average molecular weight is 378 g/mol. The zero-order valence-corrected chi connectivity index (χ0v) is 15.0. The van der Waals surface area contributed by atoms with Crippen molar-refractivity contribution in [3.63, 3.8) is 0 Å². The van der Waals surface area contributed by atoms with Crippen molar-refractivity contribution in [1.29, 1.82) is 0 Å². The van der Waals surface area contributed by atoms with Crippen LogP contribution >= 0.6 is 0 Å². The van der Waals surface area contributed by atoms with Gasteiger partial charge in [0.1, 0.15) is 5.75 Å². The molecule has 0 saturated carbocycles. The second kappa shape index (κ2) is 8.34. The summed E-state index contributed by atoms with van der Waals surface area (Å²) >= 11 is 0. The van der Waals surface area contributed by atoms with Gasteiger partial charge in [0.2, 0.25) is 0 Å². The van der Waals surface area contributed by atoms with Gasteiger partial charge >= 0.3 is 6.09 Å². The maximum atomic E-state index is 11.9. The van der Waals surface area contributed by atoms with E-state index < -0.39 is 22.0 Å². The fourth-order valence-electron chi connectivity index (χ4n) is 1.99. The Bertz CT molecular complexity index is 894. The van der Waals surface area contributed by atoms with Crippen LogP contribution in [0.5, 0.6) is 5.75 Å². The number of benzene rings is 2. The number of rotatable bonds is 6. The van der Waals surface area contributed by atoms with Gasteiger partial charge in [-0.15, -0.1) is 0 Å². The number of methoxy groups -OCH3 is 1. The van der Waals surface area contributed by atoms with Crippen LogP contribution in [0, 0.1) is 6.92 Å². The number of ether oxygens (including phenoxy) is 2. The molecule has 0 aliphatic carbocycles. The highest BCUT2D eigenvalue weighted by Gasteiger charge is 2.17. The number of nitrogens with one attached hydrogen (secondary N) is 2. The minimum atomic E-state index is -4.03. The molecule has 0 heterocycles. The van der Waals surface area contributed by atoms with Crippen molar-refractivity contribution < 1.29 is 27.5 Å². The molecule has 0 bridgehead atoms. The molecule has 0 saturated heterocycles. The number of anilines is 1. The van der Waals surface area contributed by atoms with E-state index in [0.29, 0.717) is 11.4 Å². The fraction of sp³-hybridized carbons (Fsp3) is 0.176. The Hall–Kier alpha value is -3.07. The molecule has 0 spiro atoms. The largest absolute Gasteiger partial charge is 0.483 e. The zero-order valence-electron chi connectivity index (χ0n) is 14.2. The quantitative estimate of drug-likeness (QED) is 0.796. The lowest BCUT2D eigenvalue weighted by atomic mass is 10.2. The van der Waals surface area contributed by atoms with Crippen LogP contribution in [0.15, 0.2) is 53.4 Å². The predicted molar refractivity (Wildman–Crippen MR) is 94.5 cm³/mol. The summed E-state index contributed by atoms with van der Waals surface area (Å²) in [6.07, 6.45) is -1.09. The number of aryl methyl sites for hydroxylation is 1. The molecular formula is C17H18N2O6S. The van der Waals surface area contributed by atoms with Crippen LogP contribution in [0.25, 0.3) is 0 Å². The lowest BCUT2D eigenvalue weighted by Crippen LogP contribution is -2.30. The van der Waals surface area contributed by atoms with Crippen molar-refractivity contribution in [3.05, 3.63) is 54.1 Å². The molecule has 9 heteroatoms. The van der Waals surface area contributed by atoms with Crippen LogP contribution in [0.2, 0.25) is 0 Å². The van der Waals surface area contributed by atoms with Gasteiger partial charge in [-0.2, -0.15) is 0 Å². The first-order valence-corrected chi connectivity index (χ1v) is 8.99. The first-order chi connectivity index (χ1) is 12.3. The molecule has 26 heavy (non-hydrogen) atoms. The molecule has 0 atom stereocenters. The van der Waals surface area contributed by atoms with E-state index in [2.05, 4.69) is 10.1 Å². The fourth-order valence-corrected chi connectivity index (χ4v) is 2.90. The minimum Gasteiger partial charge on any atom is -0.483 e. The van der Waals surface area contributed by atoms with Gasteiger partial charge in [-0.25, -0.2) is 17.9 Å². The van der Waals surface area contributed by atoms with Crippen LogP contribution in [0.4, 0.5) is 10.5 Å². The van der Waals surface area contributed by atoms with E-state index in [4.69, 9.17) is 4.74 Å². The normalized spacial score (nSPS) is 10.7. The van der Waals surface area contributed by atoms with Crippen molar-refractivity contribution in [2.75, 3.05) is 19.0 Å². The van der Waals surface area contributed by atoms with E-state index >= 15 is 0 Å². The summed E-state index contributed by atoms with van der Waals surface area (Å²) in [4.78, 5) is 22.8. The Balaban J connectivity index is 1.95. The standard InChI is InChI=1S/C17H18N2O6S/c1-12-5-3-4-6-15(12)25-11-16(20)18-13-7-9-14(10-8-13)26(22,23)19-17(21)24-2/h3-10H,11H2,1-2H3,(H,18,20)(H,19,21). The number of hydrogen-bond donors (Lipinski definition) is 2. The molecule has 2 N–H and O–H groups in total. The van der Waals surface area contributed by atoms with Crippen molar-refractivity contribution in [3.8, 4) is 5.75 Å². The molecule has 2 aromatic carbocycles. The smallest absolute Gasteiger partial charge is 0.420 e. The van der Waals surface area contributed by atoms with Gasteiger partial charge in [0, 0.05) is 5.69 Å². The van der Waals surface area contributed by atoms with E-state index in [9.17, 15) is 18.0 Å². The Morgan fingerprint density at radius 3 is 2.31 bits per heavy atom. The molecule has 0 unspecified atom stereocenters. The molecule has 0 aliphatic heterocycles. The Kier molecular flexibility index (Phi) is 6.18. The van der Waals surface area contributed by atoms with E-state index in [1.54, 1.807) is 10.8 Å². The van der Waals surface area contributed by atoms with Crippen LogP contribution in [-0.4, -0.2) is 34.1 Å². The van der Waals surface area contributed by atoms with E-state index in [1.807, 2.05) is 25.1 Å². The molecule has 2 aromatic rings. The maximum Gasteiger partial charge on any atom is 0.420 e. The number of amides is 2. The summed E-state index contributed by atoms with van der Waals surface area (Å²) in [6.45, 7) is 1.68. The second-order valence-corrected chi connectivity index (χ2v) is 6.91. The predicted octanol–water partition coefficient (Wildman–Crippen LogP) is 2.06. The number of carbonyl (C=O) groups is 2. The van der Waals surface area contributed by atoms with Gasteiger partial charge in [0.05, 0.1) is 12.0 Å². The van der Waals surface area contributed by atoms with Crippen LogP contribution < -0.4 is 14.8 Å². The minimum absolute atomic E-state index is 0.142. The first kappa shape index (κ1) is 19.3. The van der Waals surface area contributed by atoms with Crippen molar-refractivity contribution in [2.24, 2.45) is 0 Å². The number of carbonyl (C=O) groups excluding carboxylic acids is 2. The molecule has 0 aromatic heterocycles. The summed E-state index contributed by atoms with van der Waals surface area (Å²) < 4.78 is 35.2. The lowest BCUT2D eigenvalue weighted by Gasteiger charge is -2.10. The van der Waals surface area contributed by atoms with Gasteiger partial charge < -0.3 is 14.8 Å². The Labute approximate surface area is 151 Å². The van der Waals surface area contributed by atoms with Gasteiger partial charge in [-0.1, -0.05) is 18.2 Å². The zero-order chi connectivity index (χ0) is 19.2. The molecule has 2 rings (SSSR count). The summed E-state index contributed by atoms with van der Waals surface area (Å²) in [5.74, 6) is 0.217. The molecule has 138 valence electrons. The van der Waals surface area contributed by atoms with E-state index in [-0.39, 0.29) is 11.5 Å². The molecule has 0 radical (unpaired) electrons. The van der Waals surface area contributed by atoms with Crippen molar-refractivity contribution >= 4 is 27.7 Å². The average Bonchev–Trinajstić information content (AvgIpc) is 2.61. The van der Waals surface area contributed by atoms with E-state index in [0.717, 1.165) is 12.7 Å². The highest BCUT2D eigenvalue weighted by molar-refractivity contribution is 7.90. The SMILES string of the molecule is COC(=O)NS(=O)(=O)c1ccc(NC(=O)COc2ccccc2C)cc1. The van der Waals surface area contributed by atoms with E-state index in [1.165, 1.54) is 24.3 Å². The molecule has 8 nitrogen and oxygen atoms in total. The third kappa shape index (κ3) is 5.21. The van der Waals surface area contributed by atoms with Gasteiger partial charge in [0.25, 0.3) is 15.9 Å². The molecular weight excluding hydrogens is 360 g/mol. The lowest BCUT2D eigenvalue weighted by molar-refractivity contribution is -0.118. The molecule has 2 amide bonds. The Morgan fingerprint density at radius 1 is 1.04 bits per heavy atom. The number of para-hydroxylation sites is 1. The first-order valence-electron chi connectivity index (χ1n) is 7.51.